The molecule has 0 spiro atoms. The van der Waals surface area contributed by atoms with Crippen LogP contribution in [0.25, 0.3) is 11.0 Å². The van der Waals surface area contributed by atoms with Gasteiger partial charge in [-0.1, -0.05) is 12.1 Å². The Morgan fingerprint density at radius 2 is 2.07 bits per heavy atom. The lowest BCUT2D eigenvalue weighted by atomic mass is 9.93. The van der Waals surface area contributed by atoms with Crippen molar-refractivity contribution in [3.63, 3.8) is 0 Å². The summed E-state index contributed by atoms with van der Waals surface area (Å²) in [5.74, 6) is -0.466. The molecule has 1 aromatic heterocycles. The van der Waals surface area contributed by atoms with E-state index in [2.05, 4.69) is 5.32 Å². The summed E-state index contributed by atoms with van der Waals surface area (Å²) in [5.41, 5.74) is 0.893. The topological polar surface area (TPSA) is 98.0 Å². The Bertz CT molecular complexity index is 961. The van der Waals surface area contributed by atoms with E-state index in [-0.39, 0.29) is 35.7 Å². The number of nitrogens with one attached hydrogen (secondary N) is 1. The van der Waals surface area contributed by atoms with Gasteiger partial charge in [0.1, 0.15) is 5.58 Å². The maximum absolute atomic E-state index is 13.0. The number of ether oxygens (including phenoxy) is 2. The molecule has 0 saturated heterocycles. The third-order valence-electron chi connectivity index (χ3n) is 5.16. The highest BCUT2D eigenvalue weighted by atomic mass is 16.7. The molecule has 7 nitrogen and oxygen atoms in total. The lowest BCUT2D eigenvalue weighted by Crippen LogP contribution is -2.34. The fourth-order valence-corrected chi connectivity index (χ4v) is 3.40. The molecule has 2 aromatic rings. The van der Waals surface area contributed by atoms with Crippen molar-refractivity contribution >= 4 is 16.9 Å². The maximum Gasteiger partial charge on any atom is 0.286 e. The summed E-state index contributed by atoms with van der Waals surface area (Å²) < 4.78 is 17.2. The molecule has 154 valence electrons. The number of fused-ring (bicyclic) bond motifs is 1. The Labute approximate surface area is 168 Å². The van der Waals surface area contributed by atoms with Crippen molar-refractivity contribution in [1.82, 2.24) is 5.32 Å². The van der Waals surface area contributed by atoms with Crippen LogP contribution in [0, 0.1) is 0 Å². The minimum Gasteiger partial charge on any atom is -0.464 e. The molecule has 1 aromatic carbocycles. The minimum absolute atomic E-state index is 0.102. The van der Waals surface area contributed by atoms with E-state index >= 15 is 0 Å². The molecule has 4 rings (SSSR count). The zero-order chi connectivity index (χ0) is 20.2. The van der Waals surface area contributed by atoms with Gasteiger partial charge in [-0.3, -0.25) is 9.59 Å². The van der Waals surface area contributed by atoms with Crippen molar-refractivity contribution in [2.45, 2.75) is 50.4 Å². The molecule has 1 saturated carbocycles. The van der Waals surface area contributed by atoms with Gasteiger partial charge in [0.2, 0.25) is 6.29 Å². The maximum atomic E-state index is 13.0. The molecule has 0 unspecified atom stereocenters. The van der Waals surface area contributed by atoms with Gasteiger partial charge in [-0.05, 0) is 43.9 Å². The largest absolute Gasteiger partial charge is 0.464 e. The van der Waals surface area contributed by atoms with Gasteiger partial charge in [0, 0.05) is 30.6 Å². The first-order valence-electron chi connectivity index (χ1n) is 10.1. The van der Waals surface area contributed by atoms with Crippen LogP contribution >= 0.6 is 0 Å². The van der Waals surface area contributed by atoms with E-state index in [1.54, 1.807) is 24.3 Å². The zero-order valence-electron chi connectivity index (χ0n) is 16.1. The lowest BCUT2D eigenvalue weighted by molar-refractivity contribution is -0.146. The normalized spacial score (nSPS) is 21.5. The molecule has 2 N–H and O–H groups in total. The van der Waals surface area contributed by atoms with Gasteiger partial charge < -0.3 is 24.3 Å². The third kappa shape index (κ3) is 4.68. The van der Waals surface area contributed by atoms with E-state index < -0.39 is 6.29 Å². The third-order valence-corrected chi connectivity index (χ3v) is 5.16. The highest BCUT2D eigenvalue weighted by molar-refractivity contribution is 5.92. The number of unbranched alkanes of at least 4 members (excludes halogenated alkanes) is 1. The van der Waals surface area contributed by atoms with Crippen LogP contribution in [0.4, 0.5) is 0 Å². The zero-order valence-corrected chi connectivity index (χ0v) is 16.1. The second-order valence-electron chi connectivity index (χ2n) is 7.49. The highest BCUT2D eigenvalue weighted by Gasteiger charge is 2.32. The summed E-state index contributed by atoms with van der Waals surface area (Å²) in [6, 6.07) is 7.29. The summed E-state index contributed by atoms with van der Waals surface area (Å²) in [5, 5.41) is 12.3. The van der Waals surface area contributed by atoms with Crippen LogP contribution in [-0.4, -0.2) is 36.6 Å². The average molecular weight is 399 g/mol. The molecule has 2 heterocycles. The van der Waals surface area contributed by atoms with Gasteiger partial charge in [-0.2, -0.15) is 0 Å². The summed E-state index contributed by atoms with van der Waals surface area (Å²) in [7, 11) is 0. The van der Waals surface area contributed by atoms with Crippen LogP contribution in [0.1, 0.15) is 43.6 Å². The Balaban J connectivity index is 1.59. The van der Waals surface area contributed by atoms with Gasteiger partial charge in [0.05, 0.1) is 18.3 Å². The number of rotatable bonds is 8. The monoisotopic (exact) mass is 399 g/mol. The Hall–Kier alpha value is -2.64. The van der Waals surface area contributed by atoms with Crippen LogP contribution in [-0.2, 0) is 14.3 Å². The smallest absolute Gasteiger partial charge is 0.286 e. The number of hydrogen-bond acceptors (Lipinski definition) is 6. The van der Waals surface area contributed by atoms with Crippen molar-refractivity contribution in [3.8, 4) is 0 Å². The van der Waals surface area contributed by atoms with Gasteiger partial charge in [-0.15, -0.1) is 0 Å². The number of aliphatic hydroxyl groups is 1. The van der Waals surface area contributed by atoms with Crippen LogP contribution < -0.4 is 10.7 Å². The van der Waals surface area contributed by atoms with Gasteiger partial charge in [-0.25, -0.2) is 0 Å². The number of carbonyl (C=O) groups is 1. The molecule has 0 radical (unpaired) electrons. The van der Waals surface area contributed by atoms with Gasteiger partial charge in [0.25, 0.3) is 5.91 Å². The van der Waals surface area contributed by atoms with E-state index in [1.165, 1.54) is 6.26 Å². The van der Waals surface area contributed by atoms with Gasteiger partial charge >= 0.3 is 0 Å². The van der Waals surface area contributed by atoms with E-state index in [9.17, 15) is 9.59 Å². The number of hydrogen-bond donors (Lipinski definition) is 2. The van der Waals surface area contributed by atoms with Crippen molar-refractivity contribution in [3.05, 3.63) is 58.2 Å². The molecule has 2 atom stereocenters. The molecular formula is C22H25NO6. The van der Waals surface area contributed by atoms with E-state index in [1.807, 2.05) is 6.07 Å². The fraction of sp³-hybridized carbons (Fsp3) is 0.455. The lowest BCUT2D eigenvalue weighted by Gasteiger charge is -2.29. The highest BCUT2D eigenvalue weighted by Crippen LogP contribution is 2.31. The number of para-hydroxylation sites is 1. The molecule has 1 aliphatic carbocycles. The molecule has 1 fully saturated rings. The van der Waals surface area contributed by atoms with E-state index in [0.29, 0.717) is 42.4 Å². The minimum atomic E-state index is -0.644. The van der Waals surface area contributed by atoms with Crippen molar-refractivity contribution < 1.29 is 23.8 Å². The second kappa shape index (κ2) is 8.80. The summed E-state index contributed by atoms with van der Waals surface area (Å²) in [6.07, 6.45) is 6.18. The second-order valence-corrected chi connectivity index (χ2v) is 7.49. The first-order chi connectivity index (χ1) is 14.2. The number of amides is 1. The SMILES string of the molecule is O=C(NC1CC1)C1=C[C@@H](c2coc3ccccc3c2=O)C[C@@H](OCCCCO)O1. The molecular weight excluding hydrogens is 374 g/mol. The molecule has 2 aliphatic rings. The molecule has 29 heavy (non-hydrogen) atoms. The summed E-state index contributed by atoms with van der Waals surface area (Å²) in [4.78, 5) is 25.5. The summed E-state index contributed by atoms with van der Waals surface area (Å²) in [6.45, 7) is 0.506. The Morgan fingerprint density at radius 3 is 2.86 bits per heavy atom. The van der Waals surface area contributed by atoms with E-state index in [0.717, 1.165) is 12.8 Å². The van der Waals surface area contributed by atoms with Crippen LogP contribution in [0.3, 0.4) is 0 Å². The van der Waals surface area contributed by atoms with Gasteiger partial charge in [0.15, 0.2) is 11.2 Å². The summed E-state index contributed by atoms with van der Waals surface area (Å²) >= 11 is 0. The first-order valence-corrected chi connectivity index (χ1v) is 10.1. The number of carbonyl (C=O) groups excluding carboxylic acids is 1. The van der Waals surface area contributed by atoms with Crippen LogP contribution in [0.5, 0.6) is 0 Å². The molecule has 1 amide bonds. The Kier molecular flexibility index (Phi) is 5.97. The Morgan fingerprint density at radius 1 is 1.24 bits per heavy atom. The number of benzene rings is 1. The predicted octanol–water partition coefficient (Wildman–Crippen LogP) is 2.57. The average Bonchev–Trinajstić information content (AvgIpc) is 3.55. The standard InChI is InChI=1S/C22H25NO6/c24-9-3-4-10-27-20-12-14(11-19(29-20)22(26)23-15-7-8-15)17-13-28-18-6-2-1-5-16(18)21(17)25/h1-2,5-6,11,13-15,20,24H,3-4,7-10,12H2,(H,23,26)/t14-,20+/m1/s1. The first kappa shape index (κ1) is 19.7. The van der Waals surface area contributed by atoms with Crippen molar-refractivity contribution in [2.75, 3.05) is 13.2 Å². The quantitative estimate of drug-likeness (QED) is 0.662. The van der Waals surface area contributed by atoms with Crippen molar-refractivity contribution in [2.24, 2.45) is 0 Å². The van der Waals surface area contributed by atoms with E-state index in [4.69, 9.17) is 19.0 Å². The molecule has 0 bridgehead atoms. The predicted molar refractivity (Wildman–Crippen MR) is 106 cm³/mol. The molecule has 7 heteroatoms. The van der Waals surface area contributed by atoms with Crippen molar-refractivity contribution in [1.29, 1.82) is 0 Å². The number of aliphatic hydroxyl groups excluding tert-OH is 1. The molecule has 1 aliphatic heterocycles. The number of allylic oxidation sites excluding steroid dienone is 1. The van der Waals surface area contributed by atoms with Crippen LogP contribution in [0.2, 0.25) is 0 Å². The van der Waals surface area contributed by atoms with Crippen LogP contribution in [0.15, 0.2) is 51.6 Å². The fourth-order valence-electron chi connectivity index (χ4n) is 3.40.